The Morgan fingerprint density at radius 1 is 0.465 bits per heavy atom. The van der Waals surface area contributed by atoms with Gasteiger partial charge in [-0.1, -0.05) is 169 Å². The van der Waals surface area contributed by atoms with Crippen molar-refractivity contribution >= 4 is 62.2 Å². The zero-order chi connectivity index (χ0) is 48.7. The minimum atomic E-state index is -0.201. The summed E-state index contributed by atoms with van der Waals surface area (Å²) in [6.07, 6.45) is 2.38. The first-order valence-electron chi connectivity index (χ1n) is 26.0. The first kappa shape index (κ1) is 42.8. The van der Waals surface area contributed by atoms with Crippen molar-refractivity contribution in [1.82, 2.24) is 4.57 Å². The number of nitrogens with one attached hydrogen (secondary N) is 1. The summed E-state index contributed by atoms with van der Waals surface area (Å²) < 4.78 is 2.61. The Hall–Kier alpha value is -7.10. The van der Waals surface area contributed by atoms with E-state index in [1.54, 1.807) is 0 Å². The summed E-state index contributed by atoms with van der Waals surface area (Å²) in [6, 6.07) is 59.0. The van der Waals surface area contributed by atoms with Crippen LogP contribution in [0.25, 0.3) is 82.8 Å². The maximum absolute atomic E-state index is 4.08. The van der Waals surface area contributed by atoms with Crippen molar-refractivity contribution < 1.29 is 0 Å². The van der Waals surface area contributed by atoms with E-state index in [1.807, 2.05) is 0 Å². The highest BCUT2D eigenvalue weighted by atomic mass is 15.0. The van der Waals surface area contributed by atoms with Crippen LogP contribution in [0.1, 0.15) is 113 Å². The molecular formula is C68H60BN2. The van der Waals surface area contributed by atoms with Gasteiger partial charge < -0.3 is 9.88 Å². The summed E-state index contributed by atoms with van der Waals surface area (Å²) in [5, 5.41) is 9.24. The third kappa shape index (κ3) is 5.90. The molecule has 4 aliphatic rings. The summed E-state index contributed by atoms with van der Waals surface area (Å²) >= 11 is 0. The van der Waals surface area contributed by atoms with Crippen LogP contribution in [0, 0.1) is 13.8 Å². The van der Waals surface area contributed by atoms with Crippen molar-refractivity contribution in [3.63, 3.8) is 0 Å². The van der Waals surface area contributed by atoms with Crippen LogP contribution in [0.5, 0.6) is 0 Å². The minimum Gasteiger partial charge on any atom is -0.355 e. The SMILES string of the molecule is Cc1ccc(Nc2cc3c(cc2-c2cc(-c4ccc5c(c4)C(C)(C)c4ccccc4-5)c4c5c6ccccc6ccc5n5c4c2[B]c2cc(C)ccc2-5)-c2cc4c(cc2C3(C)C)C(C)(C)CCC4(C)C)cc1. The van der Waals surface area contributed by atoms with Crippen molar-refractivity contribution in [3.8, 4) is 50.2 Å². The number of hydrogen-bond donors (Lipinski definition) is 1. The van der Waals surface area contributed by atoms with Crippen molar-refractivity contribution in [3.05, 3.63) is 196 Å². The molecule has 1 radical (unpaired) electrons. The fourth-order valence-electron chi connectivity index (χ4n) is 13.8. The molecule has 10 aromatic rings. The van der Waals surface area contributed by atoms with Crippen LogP contribution < -0.4 is 16.2 Å². The van der Waals surface area contributed by atoms with E-state index in [0.29, 0.717) is 0 Å². The molecule has 2 nitrogen and oxygen atoms in total. The van der Waals surface area contributed by atoms with Crippen molar-refractivity contribution in [2.75, 3.05) is 5.32 Å². The molecule has 14 rings (SSSR count). The molecule has 0 spiro atoms. The Bertz CT molecular complexity index is 4000. The average Bonchev–Trinajstić information content (AvgIpc) is 3.91. The summed E-state index contributed by atoms with van der Waals surface area (Å²) in [4.78, 5) is 0. The number of benzene rings is 9. The first-order valence-corrected chi connectivity index (χ1v) is 26.0. The van der Waals surface area contributed by atoms with Crippen molar-refractivity contribution in [2.24, 2.45) is 0 Å². The summed E-state index contributed by atoms with van der Waals surface area (Å²) in [5.41, 5.74) is 29.8. The predicted octanol–water partition coefficient (Wildman–Crippen LogP) is 16.6. The Morgan fingerprint density at radius 3 is 1.92 bits per heavy atom. The molecule has 0 atom stereocenters. The van der Waals surface area contributed by atoms with Gasteiger partial charge >= 0.3 is 0 Å². The van der Waals surface area contributed by atoms with Crippen LogP contribution in [-0.4, -0.2) is 11.8 Å². The molecule has 2 heterocycles. The van der Waals surface area contributed by atoms with Gasteiger partial charge in [-0.2, -0.15) is 0 Å². The van der Waals surface area contributed by atoms with E-state index in [2.05, 4.69) is 238 Å². The van der Waals surface area contributed by atoms with Gasteiger partial charge in [-0.25, -0.2) is 0 Å². The number of aromatic nitrogens is 1. The highest BCUT2D eigenvalue weighted by molar-refractivity contribution is 6.73. The molecular weight excluding hydrogens is 856 g/mol. The van der Waals surface area contributed by atoms with E-state index in [0.717, 1.165) is 11.4 Å². The third-order valence-corrected chi connectivity index (χ3v) is 18.0. The third-order valence-electron chi connectivity index (χ3n) is 18.0. The van der Waals surface area contributed by atoms with Gasteiger partial charge in [0.2, 0.25) is 0 Å². The largest absolute Gasteiger partial charge is 0.355 e. The van der Waals surface area contributed by atoms with Gasteiger partial charge in [-0.15, -0.1) is 0 Å². The lowest BCUT2D eigenvalue weighted by atomic mass is 9.58. The van der Waals surface area contributed by atoms with Gasteiger partial charge in [0, 0.05) is 49.7 Å². The van der Waals surface area contributed by atoms with Gasteiger partial charge in [0.25, 0.3) is 0 Å². The smallest absolute Gasteiger partial charge is 0.197 e. The molecule has 0 fully saturated rings. The van der Waals surface area contributed by atoms with Crippen LogP contribution in [0.15, 0.2) is 152 Å². The van der Waals surface area contributed by atoms with Crippen molar-refractivity contribution in [2.45, 2.75) is 104 Å². The Morgan fingerprint density at radius 2 is 1.11 bits per heavy atom. The molecule has 3 aliphatic carbocycles. The first-order chi connectivity index (χ1) is 34.0. The fourth-order valence-corrected chi connectivity index (χ4v) is 13.8. The number of nitrogens with zero attached hydrogens (tertiary/aromatic N) is 1. The quantitative estimate of drug-likeness (QED) is 0.174. The van der Waals surface area contributed by atoms with Crippen LogP contribution in [0.2, 0.25) is 0 Å². The van der Waals surface area contributed by atoms with E-state index in [9.17, 15) is 0 Å². The lowest BCUT2D eigenvalue weighted by Crippen LogP contribution is -2.37. The molecule has 1 aromatic heterocycles. The predicted molar refractivity (Wildman–Crippen MR) is 304 cm³/mol. The van der Waals surface area contributed by atoms with E-state index in [4.69, 9.17) is 0 Å². The monoisotopic (exact) mass is 915 g/mol. The fraction of sp³-hybridized carbons (Fsp3) is 0.235. The van der Waals surface area contributed by atoms with Crippen LogP contribution in [0.3, 0.4) is 0 Å². The molecule has 0 bridgehead atoms. The number of hydrogen-bond acceptors (Lipinski definition) is 1. The maximum Gasteiger partial charge on any atom is 0.197 e. The molecule has 345 valence electrons. The molecule has 1 N–H and O–H groups in total. The molecule has 1 aliphatic heterocycles. The number of aryl methyl sites for hydroxylation is 2. The molecule has 0 saturated carbocycles. The van der Waals surface area contributed by atoms with Crippen LogP contribution in [-0.2, 0) is 21.7 Å². The number of rotatable bonds is 4. The Labute approximate surface area is 420 Å². The zero-order valence-corrected chi connectivity index (χ0v) is 42.9. The van der Waals surface area contributed by atoms with Gasteiger partial charge in [0.05, 0.1) is 5.52 Å². The van der Waals surface area contributed by atoms with Crippen LogP contribution in [0.4, 0.5) is 11.4 Å². The lowest BCUT2D eigenvalue weighted by molar-refractivity contribution is 0.331. The van der Waals surface area contributed by atoms with E-state index >= 15 is 0 Å². The zero-order valence-electron chi connectivity index (χ0n) is 42.9. The maximum atomic E-state index is 4.08. The second-order valence-corrected chi connectivity index (χ2v) is 24.0. The highest BCUT2D eigenvalue weighted by Crippen LogP contribution is 2.57. The summed E-state index contributed by atoms with van der Waals surface area (Å²) in [6.45, 7) is 24.0. The van der Waals surface area contributed by atoms with Gasteiger partial charge in [-0.3, -0.25) is 0 Å². The molecule has 0 unspecified atom stereocenters. The van der Waals surface area contributed by atoms with E-state index < -0.39 is 0 Å². The Balaban J connectivity index is 1.13. The van der Waals surface area contributed by atoms with Gasteiger partial charge in [-0.05, 0) is 181 Å². The summed E-state index contributed by atoms with van der Waals surface area (Å²) in [7, 11) is 2.51. The summed E-state index contributed by atoms with van der Waals surface area (Å²) in [5.74, 6) is 0. The molecule has 3 heteroatoms. The molecule has 9 aromatic carbocycles. The average molecular weight is 916 g/mol. The Kier molecular flexibility index (Phi) is 8.60. The van der Waals surface area contributed by atoms with E-state index in [1.165, 1.54) is 151 Å². The van der Waals surface area contributed by atoms with Crippen LogP contribution >= 0.6 is 0 Å². The second kappa shape index (κ2) is 14.3. The molecule has 71 heavy (non-hydrogen) atoms. The van der Waals surface area contributed by atoms with E-state index in [-0.39, 0.29) is 21.7 Å². The van der Waals surface area contributed by atoms with Gasteiger partial charge in [0.15, 0.2) is 7.28 Å². The molecule has 0 amide bonds. The highest BCUT2D eigenvalue weighted by Gasteiger charge is 2.44. The minimum absolute atomic E-state index is 0.0938. The number of anilines is 2. The van der Waals surface area contributed by atoms with Gasteiger partial charge in [0.1, 0.15) is 0 Å². The van der Waals surface area contributed by atoms with Crippen molar-refractivity contribution in [1.29, 1.82) is 0 Å². The topological polar surface area (TPSA) is 17.0 Å². The lowest BCUT2D eigenvalue weighted by Gasteiger charge is -2.42. The second-order valence-electron chi connectivity index (χ2n) is 24.0. The standard InChI is InChI=1S/C68H60BN2/c1-38-19-24-42(25-20-38)70-58-37-54-47(48-35-55-56(36-53(48)68(54,9)10)66(5,6)30-29-65(55,3)4)34-49(58)50-33-46(41-22-26-45-44-17-13-14-18-51(44)67(7,8)52(45)32-41)62-61-43-16-12-11-15-40(43)23-28-60(61)71-59-27-21-39(2)31-57(59)69-63(50)64(62)71/h11-28,31-37,70H,29-30H2,1-10H3. The molecule has 0 saturated heterocycles. The normalized spacial score (nSPS) is 16.8. The number of fused-ring (bicyclic) bond motifs is 14.